The maximum absolute atomic E-state index is 3.68. The number of likely N-dealkylation sites (tertiary alicyclic amines) is 1. The molecule has 106 valence electrons. The lowest BCUT2D eigenvalue weighted by atomic mass is 10.0. The molecule has 1 N–H and O–H groups in total. The zero-order valence-corrected chi connectivity index (χ0v) is 13.7. The second kappa shape index (κ2) is 6.73. The van der Waals surface area contributed by atoms with Gasteiger partial charge in [0.2, 0.25) is 0 Å². The Bertz CT molecular complexity index is 414. The fourth-order valence-electron chi connectivity index (χ4n) is 2.68. The molecule has 1 saturated heterocycles. The standard InChI is InChI=1S/C15H24BrN3/c1-17-11-12-4-5-14(10-15(12)16)19(3)13-6-8-18(2)9-7-13/h4-5,10,13,17H,6-9,11H2,1-3H3. The number of nitrogens with one attached hydrogen (secondary N) is 1. The number of hydrogen-bond acceptors (Lipinski definition) is 3. The average Bonchev–Trinajstić information content (AvgIpc) is 2.41. The van der Waals surface area contributed by atoms with Gasteiger partial charge < -0.3 is 15.1 Å². The molecule has 0 saturated carbocycles. The van der Waals surface area contributed by atoms with Crippen molar-refractivity contribution in [2.24, 2.45) is 0 Å². The van der Waals surface area contributed by atoms with E-state index in [9.17, 15) is 0 Å². The molecular weight excluding hydrogens is 302 g/mol. The van der Waals surface area contributed by atoms with Gasteiger partial charge in [-0.05, 0) is 57.7 Å². The molecule has 0 aliphatic carbocycles. The first-order chi connectivity index (χ1) is 9.11. The molecule has 3 nitrogen and oxygen atoms in total. The summed E-state index contributed by atoms with van der Waals surface area (Å²) in [5.41, 5.74) is 2.62. The molecule has 1 heterocycles. The molecule has 0 spiro atoms. The molecule has 0 amide bonds. The van der Waals surface area contributed by atoms with Crippen molar-refractivity contribution >= 4 is 21.6 Å². The minimum absolute atomic E-state index is 0.665. The van der Waals surface area contributed by atoms with Crippen molar-refractivity contribution in [1.82, 2.24) is 10.2 Å². The van der Waals surface area contributed by atoms with Crippen molar-refractivity contribution in [2.45, 2.75) is 25.4 Å². The van der Waals surface area contributed by atoms with Gasteiger partial charge in [-0.25, -0.2) is 0 Å². The zero-order chi connectivity index (χ0) is 13.8. The van der Waals surface area contributed by atoms with Gasteiger partial charge in [0.1, 0.15) is 0 Å². The van der Waals surface area contributed by atoms with Crippen LogP contribution in [0.5, 0.6) is 0 Å². The van der Waals surface area contributed by atoms with Crippen LogP contribution in [-0.2, 0) is 6.54 Å². The smallest absolute Gasteiger partial charge is 0.0377 e. The number of halogens is 1. The predicted octanol–water partition coefficient (Wildman–Crippen LogP) is 2.70. The summed E-state index contributed by atoms with van der Waals surface area (Å²) in [4.78, 5) is 4.84. The highest BCUT2D eigenvalue weighted by molar-refractivity contribution is 9.10. The average molecular weight is 326 g/mol. The Labute approximate surface area is 125 Å². The van der Waals surface area contributed by atoms with E-state index in [0.717, 1.165) is 6.54 Å². The molecule has 0 atom stereocenters. The molecule has 4 heteroatoms. The van der Waals surface area contributed by atoms with Gasteiger partial charge in [-0.1, -0.05) is 22.0 Å². The van der Waals surface area contributed by atoms with Crippen molar-refractivity contribution < 1.29 is 0 Å². The first kappa shape index (κ1) is 14.8. The van der Waals surface area contributed by atoms with Crippen LogP contribution in [0.2, 0.25) is 0 Å². The van der Waals surface area contributed by atoms with Crippen LogP contribution < -0.4 is 10.2 Å². The van der Waals surface area contributed by atoms with Crippen LogP contribution in [0.15, 0.2) is 22.7 Å². The molecular formula is C15H24BrN3. The van der Waals surface area contributed by atoms with Gasteiger partial charge in [0.15, 0.2) is 0 Å². The Hall–Kier alpha value is -0.580. The van der Waals surface area contributed by atoms with Crippen LogP contribution in [0.1, 0.15) is 18.4 Å². The lowest BCUT2D eigenvalue weighted by Crippen LogP contribution is -2.42. The number of piperidine rings is 1. The Morgan fingerprint density at radius 3 is 2.63 bits per heavy atom. The van der Waals surface area contributed by atoms with Gasteiger partial charge in [-0.3, -0.25) is 0 Å². The maximum Gasteiger partial charge on any atom is 0.0377 e. The molecule has 0 bridgehead atoms. The minimum Gasteiger partial charge on any atom is -0.371 e. The fourth-order valence-corrected chi connectivity index (χ4v) is 3.19. The Morgan fingerprint density at radius 1 is 1.37 bits per heavy atom. The van der Waals surface area contributed by atoms with E-state index in [1.165, 1.54) is 41.7 Å². The third kappa shape index (κ3) is 3.71. The van der Waals surface area contributed by atoms with Gasteiger partial charge in [-0.2, -0.15) is 0 Å². The molecule has 1 aromatic carbocycles. The number of benzene rings is 1. The summed E-state index contributed by atoms with van der Waals surface area (Å²) in [5, 5.41) is 3.19. The highest BCUT2D eigenvalue weighted by Crippen LogP contribution is 2.27. The van der Waals surface area contributed by atoms with Crippen molar-refractivity contribution in [2.75, 3.05) is 39.1 Å². The van der Waals surface area contributed by atoms with Gasteiger partial charge >= 0.3 is 0 Å². The SMILES string of the molecule is CNCc1ccc(N(C)C2CCN(C)CC2)cc1Br. The van der Waals surface area contributed by atoms with Crippen LogP contribution >= 0.6 is 15.9 Å². The lowest BCUT2D eigenvalue weighted by Gasteiger charge is -2.36. The number of anilines is 1. The third-order valence-corrected chi connectivity index (χ3v) is 4.79. The van der Waals surface area contributed by atoms with E-state index in [4.69, 9.17) is 0 Å². The van der Waals surface area contributed by atoms with E-state index in [-0.39, 0.29) is 0 Å². The van der Waals surface area contributed by atoms with Gasteiger partial charge in [0.05, 0.1) is 0 Å². The number of hydrogen-bond donors (Lipinski definition) is 1. The third-order valence-electron chi connectivity index (χ3n) is 4.05. The van der Waals surface area contributed by atoms with Crippen molar-refractivity contribution in [1.29, 1.82) is 0 Å². The molecule has 1 fully saturated rings. The summed E-state index contributed by atoms with van der Waals surface area (Å²) in [7, 11) is 6.40. The van der Waals surface area contributed by atoms with Gasteiger partial charge in [0, 0.05) is 29.8 Å². The maximum atomic E-state index is 3.68. The molecule has 0 aromatic heterocycles. The van der Waals surface area contributed by atoms with Crippen LogP contribution in [-0.4, -0.2) is 45.2 Å². The highest BCUT2D eigenvalue weighted by atomic mass is 79.9. The van der Waals surface area contributed by atoms with Crippen LogP contribution in [0, 0.1) is 0 Å². The summed E-state index contributed by atoms with van der Waals surface area (Å²) in [6, 6.07) is 7.35. The van der Waals surface area contributed by atoms with Crippen LogP contribution in [0.3, 0.4) is 0 Å². The van der Waals surface area contributed by atoms with Crippen LogP contribution in [0.25, 0.3) is 0 Å². The van der Waals surface area contributed by atoms with E-state index in [1.54, 1.807) is 0 Å². The topological polar surface area (TPSA) is 18.5 Å². The predicted molar refractivity (Wildman–Crippen MR) is 85.8 cm³/mol. The normalized spacial score (nSPS) is 17.7. The summed E-state index contributed by atoms with van der Waals surface area (Å²) in [6.07, 6.45) is 2.51. The Kier molecular flexibility index (Phi) is 5.25. The summed E-state index contributed by atoms with van der Waals surface area (Å²) < 4.78 is 1.19. The Morgan fingerprint density at radius 2 is 2.05 bits per heavy atom. The molecule has 0 radical (unpaired) electrons. The summed E-state index contributed by atoms with van der Waals surface area (Å²) in [5.74, 6) is 0. The summed E-state index contributed by atoms with van der Waals surface area (Å²) in [6.45, 7) is 3.31. The monoisotopic (exact) mass is 325 g/mol. The van der Waals surface area contributed by atoms with E-state index in [2.05, 4.69) is 63.3 Å². The van der Waals surface area contributed by atoms with Crippen molar-refractivity contribution in [3.05, 3.63) is 28.2 Å². The van der Waals surface area contributed by atoms with E-state index < -0.39 is 0 Å². The minimum atomic E-state index is 0.665. The van der Waals surface area contributed by atoms with E-state index >= 15 is 0 Å². The van der Waals surface area contributed by atoms with Gasteiger partial charge in [-0.15, -0.1) is 0 Å². The molecule has 2 rings (SSSR count). The largest absolute Gasteiger partial charge is 0.371 e. The highest BCUT2D eigenvalue weighted by Gasteiger charge is 2.21. The molecule has 1 aromatic rings. The Balaban J connectivity index is 2.06. The van der Waals surface area contributed by atoms with E-state index in [0.29, 0.717) is 6.04 Å². The second-order valence-corrected chi connectivity index (χ2v) is 6.31. The zero-order valence-electron chi connectivity index (χ0n) is 12.1. The first-order valence-corrected chi connectivity index (χ1v) is 7.75. The molecule has 19 heavy (non-hydrogen) atoms. The van der Waals surface area contributed by atoms with Crippen molar-refractivity contribution in [3.8, 4) is 0 Å². The quantitative estimate of drug-likeness (QED) is 0.918. The number of rotatable bonds is 4. The number of nitrogens with zero attached hydrogens (tertiary/aromatic N) is 2. The van der Waals surface area contributed by atoms with Gasteiger partial charge in [0.25, 0.3) is 0 Å². The summed E-state index contributed by atoms with van der Waals surface area (Å²) >= 11 is 3.68. The molecule has 1 aliphatic heterocycles. The molecule has 0 unspecified atom stereocenters. The van der Waals surface area contributed by atoms with Crippen molar-refractivity contribution in [3.63, 3.8) is 0 Å². The fraction of sp³-hybridized carbons (Fsp3) is 0.600. The molecule has 1 aliphatic rings. The second-order valence-electron chi connectivity index (χ2n) is 5.45. The lowest BCUT2D eigenvalue weighted by molar-refractivity contribution is 0.253. The van der Waals surface area contributed by atoms with E-state index in [1.807, 2.05) is 7.05 Å². The first-order valence-electron chi connectivity index (χ1n) is 6.96. The van der Waals surface area contributed by atoms with Crippen LogP contribution in [0.4, 0.5) is 5.69 Å².